The van der Waals surface area contributed by atoms with E-state index in [4.69, 9.17) is 9.47 Å². The van der Waals surface area contributed by atoms with E-state index >= 15 is 0 Å². The Morgan fingerprint density at radius 1 is 0.388 bits per heavy atom. The summed E-state index contributed by atoms with van der Waals surface area (Å²) in [6.07, 6.45) is 13.3. The van der Waals surface area contributed by atoms with Crippen molar-refractivity contribution >= 4 is 0 Å². The summed E-state index contributed by atoms with van der Waals surface area (Å²) in [5.41, 5.74) is 11.7. The van der Waals surface area contributed by atoms with Crippen LogP contribution in [-0.2, 0) is 9.47 Å². The maximum absolute atomic E-state index is 12.6. The van der Waals surface area contributed by atoms with Gasteiger partial charge in [0.15, 0.2) is 6.29 Å². The second-order valence-corrected chi connectivity index (χ2v) is 18.1. The summed E-state index contributed by atoms with van der Waals surface area (Å²) in [7, 11) is 0. The number of rotatable bonds is 0. The molecule has 0 atom stereocenters. The molecule has 6 aromatic rings. The third-order valence-corrected chi connectivity index (χ3v) is 10.4. The summed E-state index contributed by atoms with van der Waals surface area (Å²) in [6.45, 7) is 33.8. The van der Waals surface area contributed by atoms with Crippen LogP contribution in [-0.4, -0.2) is 39.4 Å². The molecule has 3 aromatic heterocycles. The summed E-state index contributed by atoms with van der Waals surface area (Å²) >= 11 is 0. The molecular formula is C59H86F2N4O2. The third kappa shape index (κ3) is 32.2. The molecule has 0 spiro atoms. The first-order valence-electron chi connectivity index (χ1n) is 23.4. The van der Waals surface area contributed by atoms with Crippen molar-refractivity contribution in [2.45, 2.75) is 150 Å². The van der Waals surface area contributed by atoms with E-state index in [-0.39, 0.29) is 25.4 Å². The third-order valence-electron chi connectivity index (χ3n) is 10.4. The Bertz CT molecular complexity index is 1800. The van der Waals surface area contributed by atoms with Crippen molar-refractivity contribution in [3.05, 3.63) is 189 Å². The number of benzene rings is 3. The van der Waals surface area contributed by atoms with Gasteiger partial charge in [-0.3, -0.25) is 9.97 Å². The second kappa shape index (κ2) is 35.0. The molecule has 0 bridgehead atoms. The molecule has 8 heteroatoms. The molecular weight excluding hydrogens is 835 g/mol. The van der Waals surface area contributed by atoms with Gasteiger partial charge in [0.1, 0.15) is 17.5 Å². The molecule has 0 N–H and O–H groups in total. The van der Waals surface area contributed by atoms with E-state index in [1.165, 1.54) is 60.1 Å². The molecule has 2 fully saturated rings. The van der Waals surface area contributed by atoms with Gasteiger partial charge in [-0.05, 0) is 165 Å². The van der Waals surface area contributed by atoms with Crippen LogP contribution in [0.2, 0.25) is 0 Å². The Morgan fingerprint density at radius 3 is 0.955 bits per heavy atom. The van der Waals surface area contributed by atoms with Crippen molar-refractivity contribution in [2.75, 3.05) is 13.2 Å². The SMILES string of the molecule is C.CC1CCC(C)CC1.CC1COC(C)OC1.Cc1ccc(C)c(F)c1.Cc1ccc(C)c(F)c1.Cc1ccc(C)cc1.Cc1ccc(C)nc1.Cc1ccc(C)nc1.Cc1cnc(C)nc1. The van der Waals surface area contributed by atoms with E-state index in [1.54, 1.807) is 26.0 Å². The summed E-state index contributed by atoms with van der Waals surface area (Å²) in [4.78, 5) is 16.1. The zero-order chi connectivity index (χ0) is 49.6. The molecule has 1 aliphatic carbocycles. The highest BCUT2D eigenvalue weighted by atomic mass is 19.1. The van der Waals surface area contributed by atoms with Crippen molar-refractivity contribution in [3.63, 3.8) is 0 Å². The van der Waals surface area contributed by atoms with Crippen LogP contribution in [0.15, 0.2) is 110 Å². The van der Waals surface area contributed by atoms with Gasteiger partial charge >= 0.3 is 0 Å². The lowest BCUT2D eigenvalue weighted by molar-refractivity contribution is -0.187. The number of aryl methyl sites for hydroxylation is 12. The average Bonchev–Trinajstić information content (AvgIpc) is 3.29. The van der Waals surface area contributed by atoms with Crippen LogP contribution >= 0.6 is 0 Å². The van der Waals surface area contributed by atoms with Crippen molar-refractivity contribution < 1.29 is 18.3 Å². The fourth-order valence-electron chi connectivity index (χ4n) is 5.70. The van der Waals surface area contributed by atoms with Crippen LogP contribution in [0.5, 0.6) is 0 Å². The largest absolute Gasteiger partial charge is 0.353 e. The molecule has 6 nitrogen and oxygen atoms in total. The van der Waals surface area contributed by atoms with Gasteiger partial charge in [-0.1, -0.05) is 126 Å². The summed E-state index contributed by atoms with van der Waals surface area (Å²) in [5.74, 6) is 3.21. The maximum Gasteiger partial charge on any atom is 0.154 e. The van der Waals surface area contributed by atoms with Gasteiger partial charge in [0, 0.05) is 42.1 Å². The minimum atomic E-state index is -0.116. The van der Waals surface area contributed by atoms with E-state index in [0.29, 0.717) is 17.0 Å². The van der Waals surface area contributed by atoms with Crippen LogP contribution < -0.4 is 0 Å². The minimum absolute atomic E-state index is 0. The van der Waals surface area contributed by atoms with Crippen molar-refractivity contribution in [1.82, 2.24) is 19.9 Å². The topological polar surface area (TPSA) is 70.0 Å². The second-order valence-electron chi connectivity index (χ2n) is 18.1. The van der Waals surface area contributed by atoms with Gasteiger partial charge in [0.05, 0.1) is 13.2 Å². The number of hydrogen-bond donors (Lipinski definition) is 0. The Hall–Kier alpha value is -5.18. The Labute approximate surface area is 406 Å². The lowest BCUT2D eigenvalue weighted by atomic mass is 9.84. The van der Waals surface area contributed by atoms with Gasteiger partial charge in [-0.15, -0.1) is 0 Å². The Balaban J connectivity index is 0.000000742. The van der Waals surface area contributed by atoms with Crippen LogP contribution in [0.4, 0.5) is 8.78 Å². The zero-order valence-electron chi connectivity index (χ0n) is 43.3. The smallest absolute Gasteiger partial charge is 0.154 e. The molecule has 0 unspecified atom stereocenters. The first-order valence-corrected chi connectivity index (χ1v) is 23.4. The summed E-state index contributed by atoms with van der Waals surface area (Å²) < 4.78 is 35.5. The number of ether oxygens (including phenoxy) is 2. The fraction of sp³-hybridized carbons (Fsp3) is 0.458. The highest BCUT2D eigenvalue weighted by Crippen LogP contribution is 2.27. The van der Waals surface area contributed by atoms with E-state index in [1.807, 2.05) is 111 Å². The maximum atomic E-state index is 12.6. The summed E-state index contributed by atoms with van der Waals surface area (Å²) in [6, 6.07) is 27.1. The standard InChI is InChI=1S/2C8H9F.C8H16.C8H10.2C7H9N.C6H8N2.C6H12O2.CH4/c2*1-6-3-4-7(2)8(9)5-6;2*1-7-3-5-8(2)6-4-7;2*1-6-3-4-7(2)8-5-6;2*1-5-3-7-6(2)8-4-5;/h2*3-5H,1-2H3;7-8H,3-6H2,1-2H3;3-6H,1-2H3;2*3-5H,1-2H3;3-4H,1-2H3;5-6H,3-4H2,1-2H3;1H4. The van der Waals surface area contributed by atoms with E-state index in [9.17, 15) is 8.78 Å². The normalized spacial score (nSPS) is 16.5. The molecule has 0 amide bonds. The minimum Gasteiger partial charge on any atom is -0.353 e. The molecule has 0 radical (unpaired) electrons. The summed E-state index contributed by atoms with van der Waals surface area (Å²) in [5, 5.41) is 0. The zero-order valence-corrected chi connectivity index (χ0v) is 43.3. The molecule has 2 aliphatic rings. The van der Waals surface area contributed by atoms with Crippen LogP contribution in [0.25, 0.3) is 0 Å². The van der Waals surface area contributed by atoms with Crippen molar-refractivity contribution in [3.8, 4) is 0 Å². The lowest BCUT2D eigenvalue weighted by Gasteiger charge is -2.24. The predicted molar refractivity (Wildman–Crippen MR) is 281 cm³/mol. The van der Waals surface area contributed by atoms with E-state index in [2.05, 4.69) is 91.0 Å². The predicted octanol–water partition coefficient (Wildman–Crippen LogP) is 16.2. The number of hydrogen-bond acceptors (Lipinski definition) is 6. The highest BCUT2D eigenvalue weighted by molar-refractivity contribution is 5.23. The van der Waals surface area contributed by atoms with E-state index in [0.717, 1.165) is 59.0 Å². The van der Waals surface area contributed by atoms with Gasteiger partial charge < -0.3 is 9.47 Å². The van der Waals surface area contributed by atoms with Crippen LogP contribution in [0, 0.1) is 112 Å². The molecule has 4 heterocycles. The number of aromatic nitrogens is 4. The first kappa shape index (κ1) is 61.8. The number of nitrogens with zero attached hydrogens (tertiary/aromatic N) is 4. The average molecular weight is 921 g/mol. The van der Waals surface area contributed by atoms with Crippen molar-refractivity contribution in [1.29, 1.82) is 0 Å². The molecule has 368 valence electrons. The molecule has 1 aliphatic heterocycles. The van der Waals surface area contributed by atoms with Gasteiger partial charge in [-0.2, -0.15) is 0 Å². The first-order chi connectivity index (χ1) is 31.1. The van der Waals surface area contributed by atoms with Gasteiger partial charge in [-0.25, -0.2) is 18.7 Å². The molecule has 1 saturated heterocycles. The van der Waals surface area contributed by atoms with Crippen molar-refractivity contribution in [2.24, 2.45) is 17.8 Å². The van der Waals surface area contributed by atoms with Crippen LogP contribution in [0.3, 0.4) is 0 Å². The fourth-order valence-corrected chi connectivity index (χ4v) is 5.70. The van der Waals surface area contributed by atoms with E-state index < -0.39 is 0 Å². The molecule has 1 saturated carbocycles. The highest BCUT2D eigenvalue weighted by Gasteiger charge is 2.14. The lowest BCUT2D eigenvalue weighted by Crippen LogP contribution is -2.27. The quantitative estimate of drug-likeness (QED) is 0.151. The van der Waals surface area contributed by atoms with Gasteiger partial charge in [0.2, 0.25) is 0 Å². The number of pyridine rings is 2. The Kier molecular flexibility index (Phi) is 32.3. The molecule has 8 rings (SSSR count). The van der Waals surface area contributed by atoms with Gasteiger partial charge in [0.25, 0.3) is 0 Å². The monoisotopic (exact) mass is 921 g/mol. The number of halogens is 2. The molecule has 3 aromatic carbocycles. The van der Waals surface area contributed by atoms with Crippen LogP contribution in [0.1, 0.15) is 128 Å². The molecule has 67 heavy (non-hydrogen) atoms. The Morgan fingerprint density at radius 2 is 0.701 bits per heavy atom.